The molecule has 0 radical (unpaired) electrons. The number of hydrogen-bond donors (Lipinski definition) is 2. The van der Waals surface area contributed by atoms with Crippen LogP contribution in [0.1, 0.15) is 19.3 Å². The lowest BCUT2D eigenvalue weighted by Gasteiger charge is -2.13. The number of carbonyl (C=O) groups excluding carboxylic acids is 1. The predicted octanol–water partition coefficient (Wildman–Crippen LogP) is 3.30. The number of hydrogen-bond acceptors (Lipinski definition) is 4. The van der Waals surface area contributed by atoms with Crippen LogP contribution in [0.25, 0.3) is 0 Å². The van der Waals surface area contributed by atoms with Crippen molar-refractivity contribution < 1.29 is 19.0 Å². The van der Waals surface area contributed by atoms with Crippen LogP contribution in [-0.2, 0) is 4.74 Å². The van der Waals surface area contributed by atoms with E-state index in [2.05, 4.69) is 10.6 Å². The summed E-state index contributed by atoms with van der Waals surface area (Å²) in [5.74, 6) is 1.70. The largest absolute Gasteiger partial charge is 0.495 e. The first-order valence-corrected chi connectivity index (χ1v) is 8.06. The van der Waals surface area contributed by atoms with Crippen molar-refractivity contribution >= 4 is 23.3 Å². The number of ether oxygens (including phenoxy) is 3. The number of methoxy groups -OCH3 is 2. The van der Waals surface area contributed by atoms with Crippen molar-refractivity contribution in [2.24, 2.45) is 5.92 Å². The van der Waals surface area contributed by atoms with Gasteiger partial charge in [-0.1, -0.05) is 11.6 Å². The molecule has 128 valence electrons. The second-order valence-corrected chi connectivity index (χ2v) is 5.85. The zero-order valence-corrected chi connectivity index (χ0v) is 14.2. The van der Waals surface area contributed by atoms with Crippen molar-refractivity contribution in [2.75, 3.05) is 39.3 Å². The van der Waals surface area contributed by atoms with E-state index < -0.39 is 0 Å². The van der Waals surface area contributed by atoms with E-state index in [0.717, 1.165) is 18.9 Å². The number of rotatable bonds is 9. The molecule has 1 aromatic rings. The van der Waals surface area contributed by atoms with Crippen LogP contribution in [0.3, 0.4) is 0 Å². The number of carbonyl (C=O) groups is 1. The van der Waals surface area contributed by atoms with Crippen LogP contribution in [-0.4, -0.2) is 40.0 Å². The Morgan fingerprint density at radius 2 is 2.00 bits per heavy atom. The van der Waals surface area contributed by atoms with Crippen LogP contribution < -0.4 is 20.1 Å². The van der Waals surface area contributed by atoms with Gasteiger partial charge in [-0.2, -0.15) is 0 Å². The van der Waals surface area contributed by atoms with Crippen LogP contribution in [0.2, 0.25) is 5.02 Å². The lowest BCUT2D eigenvalue weighted by atomic mass is 10.2. The number of nitrogens with one attached hydrogen (secondary N) is 2. The summed E-state index contributed by atoms with van der Waals surface area (Å²) in [5, 5.41) is 5.93. The third kappa shape index (κ3) is 5.80. The van der Waals surface area contributed by atoms with Crippen molar-refractivity contribution in [2.45, 2.75) is 19.3 Å². The van der Waals surface area contributed by atoms with E-state index in [1.54, 1.807) is 12.1 Å². The second kappa shape index (κ2) is 8.84. The Labute approximate surface area is 141 Å². The molecule has 1 aliphatic carbocycles. The minimum absolute atomic E-state index is 0.310. The van der Waals surface area contributed by atoms with Gasteiger partial charge in [0, 0.05) is 31.9 Å². The Morgan fingerprint density at radius 3 is 2.65 bits per heavy atom. The fraction of sp³-hybridized carbons (Fsp3) is 0.562. The number of urea groups is 1. The highest BCUT2D eigenvalue weighted by Crippen LogP contribution is 2.35. The highest BCUT2D eigenvalue weighted by atomic mass is 35.5. The zero-order valence-electron chi connectivity index (χ0n) is 13.5. The lowest BCUT2D eigenvalue weighted by molar-refractivity contribution is 0.122. The maximum atomic E-state index is 11.9. The Morgan fingerprint density at radius 1 is 1.26 bits per heavy atom. The molecular weight excluding hydrogens is 320 g/mol. The van der Waals surface area contributed by atoms with Gasteiger partial charge in [0.1, 0.15) is 11.5 Å². The van der Waals surface area contributed by atoms with E-state index in [1.807, 2.05) is 0 Å². The zero-order chi connectivity index (χ0) is 16.7. The summed E-state index contributed by atoms with van der Waals surface area (Å²) in [6, 6.07) is 2.91. The van der Waals surface area contributed by atoms with Gasteiger partial charge in [-0.25, -0.2) is 4.79 Å². The molecule has 1 fully saturated rings. The van der Waals surface area contributed by atoms with Gasteiger partial charge in [0.2, 0.25) is 0 Å². The summed E-state index contributed by atoms with van der Waals surface area (Å²) in [6.07, 6.45) is 3.35. The van der Waals surface area contributed by atoms with E-state index in [0.29, 0.717) is 35.4 Å². The monoisotopic (exact) mass is 342 g/mol. The lowest BCUT2D eigenvalue weighted by Crippen LogP contribution is -2.30. The molecule has 1 saturated carbocycles. The minimum Gasteiger partial charge on any atom is -0.495 e. The molecule has 0 unspecified atom stereocenters. The quantitative estimate of drug-likeness (QED) is 0.676. The molecule has 7 heteroatoms. The van der Waals surface area contributed by atoms with Crippen molar-refractivity contribution in [3.05, 3.63) is 17.2 Å². The van der Waals surface area contributed by atoms with Gasteiger partial charge in [-0.05, 0) is 25.2 Å². The van der Waals surface area contributed by atoms with Gasteiger partial charge in [0.15, 0.2) is 0 Å². The molecule has 0 spiro atoms. The van der Waals surface area contributed by atoms with Gasteiger partial charge >= 0.3 is 6.03 Å². The molecule has 2 N–H and O–H groups in total. The molecule has 1 aliphatic rings. The third-order valence-corrected chi connectivity index (χ3v) is 3.82. The highest BCUT2D eigenvalue weighted by Gasteiger charge is 2.20. The minimum atomic E-state index is -0.310. The number of halogens is 1. The number of benzene rings is 1. The molecule has 1 aromatic carbocycles. The molecule has 0 heterocycles. The third-order valence-electron chi connectivity index (χ3n) is 3.52. The van der Waals surface area contributed by atoms with E-state index in [4.69, 9.17) is 25.8 Å². The average Bonchev–Trinajstić information content (AvgIpc) is 3.36. The number of amides is 2. The molecule has 6 nitrogen and oxygen atoms in total. The summed E-state index contributed by atoms with van der Waals surface area (Å²) in [6.45, 7) is 2.05. The van der Waals surface area contributed by atoms with Gasteiger partial charge in [-0.3, -0.25) is 0 Å². The maximum Gasteiger partial charge on any atom is 0.319 e. The van der Waals surface area contributed by atoms with Gasteiger partial charge in [0.25, 0.3) is 0 Å². The van der Waals surface area contributed by atoms with E-state index in [-0.39, 0.29) is 6.03 Å². The van der Waals surface area contributed by atoms with E-state index in [1.165, 1.54) is 27.1 Å². The first-order valence-electron chi connectivity index (χ1n) is 7.68. The average molecular weight is 343 g/mol. The molecular formula is C16H23ClN2O4. The van der Waals surface area contributed by atoms with Crippen molar-refractivity contribution in [3.8, 4) is 11.5 Å². The Kier molecular flexibility index (Phi) is 6.80. The van der Waals surface area contributed by atoms with Crippen LogP contribution in [0.5, 0.6) is 11.5 Å². The molecule has 2 rings (SSSR count). The van der Waals surface area contributed by atoms with Crippen molar-refractivity contribution in [3.63, 3.8) is 0 Å². The van der Waals surface area contributed by atoms with Crippen molar-refractivity contribution in [1.29, 1.82) is 0 Å². The summed E-state index contributed by atoms with van der Waals surface area (Å²) >= 11 is 6.03. The fourth-order valence-corrected chi connectivity index (χ4v) is 2.27. The molecule has 0 aromatic heterocycles. The molecule has 0 bridgehead atoms. The number of anilines is 1. The highest BCUT2D eigenvalue weighted by molar-refractivity contribution is 6.32. The van der Waals surface area contributed by atoms with Crippen LogP contribution >= 0.6 is 11.6 Å². The standard InChI is InChI=1S/C16H23ClN2O4/c1-21-14-9-13(15(22-2)8-12(14)17)19-16(20)18-6-3-7-23-10-11-4-5-11/h8-9,11H,3-7,10H2,1-2H3,(H2,18,19,20). The van der Waals surface area contributed by atoms with Crippen molar-refractivity contribution in [1.82, 2.24) is 5.32 Å². The van der Waals surface area contributed by atoms with E-state index >= 15 is 0 Å². The molecule has 0 aliphatic heterocycles. The van der Waals surface area contributed by atoms with Crippen LogP contribution in [0.15, 0.2) is 12.1 Å². The first-order chi connectivity index (χ1) is 11.1. The summed E-state index contributed by atoms with van der Waals surface area (Å²) in [4.78, 5) is 11.9. The van der Waals surface area contributed by atoms with Crippen LogP contribution in [0.4, 0.5) is 10.5 Å². The SMILES string of the molecule is COc1cc(NC(=O)NCCCOCC2CC2)c(OC)cc1Cl. The summed E-state index contributed by atoms with van der Waals surface area (Å²) in [7, 11) is 3.03. The van der Waals surface area contributed by atoms with Gasteiger partial charge < -0.3 is 24.8 Å². The smallest absolute Gasteiger partial charge is 0.319 e. The molecule has 0 atom stereocenters. The fourth-order valence-electron chi connectivity index (χ4n) is 2.04. The Bertz CT molecular complexity index is 535. The molecule has 0 saturated heterocycles. The van der Waals surface area contributed by atoms with Gasteiger partial charge in [-0.15, -0.1) is 0 Å². The Balaban J connectivity index is 1.74. The van der Waals surface area contributed by atoms with Crippen LogP contribution in [0, 0.1) is 5.92 Å². The first kappa shape index (κ1) is 17.7. The predicted molar refractivity (Wildman–Crippen MR) is 89.7 cm³/mol. The second-order valence-electron chi connectivity index (χ2n) is 5.44. The molecule has 2 amide bonds. The van der Waals surface area contributed by atoms with Gasteiger partial charge in [0.05, 0.1) is 24.9 Å². The van der Waals surface area contributed by atoms with E-state index in [9.17, 15) is 4.79 Å². The topological polar surface area (TPSA) is 68.8 Å². The Hall–Kier alpha value is -1.66. The normalized spacial score (nSPS) is 13.5. The maximum absolute atomic E-state index is 11.9. The summed E-state index contributed by atoms with van der Waals surface area (Å²) < 4.78 is 15.9. The summed E-state index contributed by atoms with van der Waals surface area (Å²) in [5.41, 5.74) is 0.497. The molecule has 23 heavy (non-hydrogen) atoms.